The van der Waals surface area contributed by atoms with E-state index in [1.54, 1.807) is 7.05 Å². The number of carbonyl (C=O) groups excluding carboxylic acids is 1. The van der Waals surface area contributed by atoms with E-state index in [0.29, 0.717) is 30.2 Å². The van der Waals surface area contributed by atoms with Crippen molar-refractivity contribution in [3.8, 4) is 0 Å². The molecule has 0 radical (unpaired) electrons. The van der Waals surface area contributed by atoms with Crippen LogP contribution in [0.2, 0.25) is 0 Å². The molecule has 10 nitrogen and oxygen atoms in total. The lowest BCUT2D eigenvalue weighted by molar-refractivity contribution is 0.0500. The molecule has 1 saturated heterocycles. The molecule has 0 bridgehead atoms. The number of amides is 1. The van der Waals surface area contributed by atoms with Gasteiger partial charge in [0.05, 0.1) is 0 Å². The number of H-pyrrole nitrogens is 1. The maximum Gasteiger partial charge on any atom is 0.407 e. The van der Waals surface area contributed by atoms with E-state index in [1.807, 2.05) is 49.3 Å². The predicted molar refractivity (Wildman–Crippen MR) is 115 cm³/mol. The number of aromatic nitrogens is 4. The summed E-state index contributed by atoms with van der Waals surface area (Å²) in [5.74, 6) is 0.602. The van der Waals surface area contributed by atoms with Crippen LogP contribution in [0.3, 0.4) is 0 Å². The second kappa shape index (κ2) is 8.37. The first-order chi connectivity index (χ1) is 14.1. The number of imidazole rings is 1. The van der Waals surface area contributed by atoms with Gasteiger partial charge in [-0.15, -0.1) is 0 Å². The van der Waals surface area contributed by atoms with Crippen LogP contribution in [-0.2, 0) is 18.3 Å². The smallest absolute Gasteiger partial charge is 0.407 e. The molecule has 1 atom stereocenters. The van der Waals surface area contributed by atoms with E-state index in [4.69, 9.17) is 4.74 Å². The van der Waals surface area contributed by atoms with Crippen molar-refractivity contribution in [1.29, 1.82) is 0 Å². The zero-order valence-corrected chi connectivity index (χ0v) is 18.2. The van der Waals surface area contributed by atoms with Crippen molar-refractivity contribution < 1.29 is 9.53 Å². The first kappa shape index (κ1) is 21.7. The highest BCUT2D eigenvalue weighted by Gasteiger charge is 2.28. The van der Waals surface area contributed by atoms with Crippen LogP contribution in [0, 0.1) is 0 Å². The summed E-state index contributed by atoms with van der Waals surface area (Å²) in [4.78, 5) is 45.8. The highest BCUT2D eigenvalue weighted by molar-refractivity contribution is 5.74. The number of aromatic amines is 1. The number of nitrogens with one attached hydrogen (secondary N) is 2. The molecule has 2 N–H and O–H groups in total. The maximum absolute atomic E-state index is 12.5. The molecule has 3 rings (SSSR count). The Labute approximate surface area is 174 Å². The van der Waals surface area contributed by atoms with E-state index < -0.39 is 22.9 Å². The lowest BCUT2D eigenvalue weighted by atomic mass is 10.1. The molecule has 1 aliphatic rings. The zero-order valence-electron chi connectivity index (χ0n) is 18.2. The highest BCUT2D eigenvalue weighted by atomic mass is 16.6. The summed E-state index contributed by atoms with van der Waals surface area (Å²) in [5, 5.41) is 2.93. The average Bonchev–Trinajstić information content (AvgIpc) is 3.03. The van der Waals surface area contributed by atoms with Crippen LogP contribution in [0.4, 0.5) is 10.7 Å². The van der Waals surface area contributed by atoms with Crippen molar-refractivity contribution in [2.45, 2.75) is 58.7 Å². The van der Waals surface area contributed by atoms with Gasteiger partial charge < -0.3 is 19.5 Å². The Morgan fingerprint density at radius 3 is 2.77 bits per heavy atom. The van der Waals surface area contributed by atoms with E-state index in [0.717, 1.165) is 19.4 Å². The number of fused-ring (bicyclic) bond motifs is 1. The Kier molecular flexibility index (Phi) is 6.04. The lowest BCUT2D eigenvalue weighted by Gasteiger charge is -2.34. The fourth-order valence-corrected chi connectivity index (χ4v) is 3.60. The molecule has 0 unspecified atom stereocenters. The van der Waals surface area contributed by atoms with Crippen molar-refractivity contribution in [3.05, 3.63) is 33.0 Å². The molecular formula is C20H30N6O4. The minimum Gasteiger partial charge on any atom is -0.444 e. The molecule has 2 aromatic heterocycles. The van der Waals surface area contributed by atoms with Crippen molar-refractivity contribution >= 4 is 23.2 Å². The molecule has 0 aromatic carbocycles. The van der Waals surface area contributed by atoms with Gasteiger partial charge in [0.25, 0.3) is 5.56 Å². The van der Waals surface area contributed by atoms with Crippen LogP contribution in [-0.4, -0.2) is 49.9 Å². The summed E-state index contributed by atoms with van der Waals surface area (Å²) in [6.45, 7) is 9.09. The molecule has 1 aliphatic heterocycles. The molecule has 30 heavy (non-hydrogen) atoms. The molecule has 2 aromatic rings. The molecule has 1 amide bonds. The predicted octanol–water partition coefficient (Wildman–Crippen LogP) is 1.49. The standard InChI is InChI=1S/C20H30N6O4/c1-6-7-11-26-14-15(24(5)18(28)23-16(14)27)22-17(26)25-10-8-9-13(12-25)21-19(29)30-20(2,3)4/h6-7,13H,8-12H2,1-5H3,(H,21,29)(H,23,27,28)/b7-6+/t13-/m1/s1. The molecule has 3 heterocycles. The summed E-state index contributed by atoms with van der Waals surface area (Å²) in [6.07, 6.45) is 5.05. The number of ether oxygens (including phenoxy) is 1. The second-order valence-electron chi connectivity index (χ2n) is 8.51. The van der Waals surface area contributed by atoms with Crippen molar-refractivity contribution in [3.63, 3.8) is 0 Å². The molecule has 0 saturated carbocycles. The van der Waals surface area contributed by atoms with Crippen molar-refractivity contribution in [2.24, 2.45) is 7.05 Å². The van der Waals surface area contributed by atoms with Gasteiger partial charge >= 0.3 is 11.8 Å². The molecule has 0 aliphatic carbocycles. The average molecular weight is 418 g/mol. The molecule has 1 fully saturated rings. The summed E-state index contributed by atoms with van der Waals surface area (Å²) in [5.41, 5.74) is -0.836. The van der Waals surface area contributed by atoms with Gasteiger partial charge in [-0.1, -0.05) is 12.2 Å². The largest absolute Gasteiger partial charge is 0.444 e. The van der Waals surface area contributed by atoms with Crippen LogP contribution in [0.5, 0.6) is 0 Å². The number of allylic oxidation sites excluding steroid dienone is 2. The number of alkyl carbamates (subject to hydrolysis) is 1. The minimum atomic E-state index is -0.565. The normalized spacial score (nSPS) is 17.6. The Bertz CT molecular complexity index is 1070. The van der Waals surface area contributed by atoms with Gasteiger partial charge in [-0.25, -0.2) is 9.59 Å². The Morgan fingerprint density at radius 2 is 2.10 bits per heavy atom. The number of rotatable bonds is 4. The van der Waals surface area contributed by atoms with Crippen LogP contribution in [0.15, 0.2) is 21.7 Å². The zero-order chi connectivity index (χ0) is 22.1. The van der Waals surface area contributed by atoms with E-state index >= 15 is 0 Å². The van der Waals surface area contributed by atoms with Gasteiger partial charge in [-0.3, -0.25) is 14.3 Å². The fourth-order valence-electron chi connectivity index (χ4n) is 3.60. The molecule has 0 spiro atoms. The van der Waals surface area contributed by atoms with E-state index in [-0.39, 0.29) is 6.04 Å². The van der Waals surface area contributed by atoms with E-state index in [1.165, 1.54) is 4.57 Å². The highest BCUT2D eigenvalue weighted by Crippen LogP contribution is 2.23. The summed E-state index contributed by atoms with van der Waals surface area (Å²) >= 11 is 0. The Balaban J connectivity index is 1.94. The maximum atomic E-state index is 12.5. The third kappa shape index (κ3) is 4.58. The SMILES string of the molecule is C/C=C/Cn1c(N2CCC[C@@H](NC(=O)OC(C)(C)C)C2)nc2c1c(=O)[nH]c(=O)n2C. The molecule has 10 heteroatoms. The third-order valence-corrected chi connectivity index (χ3v) is 4.94. The Morgan fingerprint density at radius 1 is 1.37 bits per heavy atom. The fraction of sp³-hybridized carbons (Fsp3) is 0.600. The first-order valence-electron chi connectivity index (χ1n) is 10.2. The number of piperidine rings is 1. The van der Waals surface area contributed by atoms with Gasteiger partial charge in [0, 0.05) is 32.7 Å². The third-order valence-electron chi connectivity index (χ3n) is 4.94. The number of hydrogen-bond donors (Lipinski definition) is 2. The number of nitrogens with zero attached hydrogens (tertiary/aromatic N) is 4. The Hall–Kier alpha value is -3.04. The monoisotopic (exact) mass is 418 g/mol. The summed E-state index contributed by atoms with van der Waals surface area (Å²) in [6, 6.07) is -0.106. The van der Waals surface area contributed by atoms with E-state index in [2.05, 4.69) is 15.3 Å². The van der Waals surface area contributed by atoms with Crippen molar-refractivity contribution in [1.82, 2.24) is 24.4 Å². The minimum absolute atomic E-state index is 0.106. The van der Waals surface area contributed by atoms with Crippen LogP contribution < -0.4 is 21.5 Å². The number of carbonyl (C=O) groups is 1. The molecule has 164 valence electrons. The van der Waals surface area contributed by atoms with Gasteiger partial charge in [-0.05, 0) is 40.5 Å². The second-order valence-corrected chi connectivity index (χ2v) is 8.51. The topological polar surface area (TPSA) is 114 Å². The van der Waals surface area contributed by atoms with Gasteiger partial charge in [0.15, 0.2) is 11.2 Å². The lowest BCUT2D eigenvalue weighted by Crippen LogP contribution is -2.49. The number of anilines is 1. The van der Waals surface area contributed by atoms with E-state index in [9.17, 15) is 14.4 Å². The van der Waals surface area contributed by atoms with Crippen LogP contribution in [0.1, 0.15) is 40.5 Å². The number of hydrogen-bond acceptors (Lipinski definition) is 6. The summed E-state index contributed by atoms with van der Waals surface area (Å²) in [7, 11) is 1.58. The van der Waals surface area contributed by atoms with Gasteiger partial charge in [0.2, 0.25) is 5.95 Å². The quantitative estimate of drug-likeness (QED) is 0.727. The number of aryl methyl sites for hydroxylation is 1. The van der Waals surface area contributed by atoms with Gasteiger partial charge in [0.1, 0.15) is 5.60 Å². The first-order valence-corrected chi connectivity index (χ1v) is 10.2. The molecular weight excluding hydrogens is 388 g/mol. The van der Waals surface area contributed by atoms with Crippen LogP contribution in [0.25, 0.3) is 11.2 Å². The van der Waals surface area contributed by atoms with Crippen LogP contribution >= 0.6 is 0 Å². The van der Waals surface area contributed by atoms with Gasteiger partial charge in [-0.2, -0.15) is 4.98 Å². The summed E-state index contributed by atoms with van der Waals surface area (Å²) < 4.78 is 8.52. The van der Waals surface area contributed by atoms with Crippen molar-refractivity contribution in [2.75, 3.05) is 18.0 Å².